The first kappa shape index (κ1) is 20.2. The van der Waals surface area contributed by atoms with Gasteiger partial charge in [-0.05, 0) is 61.5 Å². The molecule has 1 aliphatic rings. The quantitative estimate of drug-likeness (QED) is 0.522. The van der Waals surface area contributed by atoms with Gasteiger partial charge in [0.05, 0.1) is 11.2 Å². The van der Waals surface area contributed by atoms with Crippen molar-refractivity contribution in [3.05, 3.63) is 84.5 Å². The van der Waals surface area contributed by atoms with Gasteiger partial charge in [-0.25, -0.2) is 14.5 Å². The fraction of sp³-hybridized carbons (Fsp3) is 0.240. The van der Waals surface area contributed by atoms with E-state index in [0.717, 1.165) is 59.8 Å². The number of nitrogens with zero attached hydrogens (tertiary/aromatic N) is 6. The number of piperazine rings is 1. The predicted octanol–water partition coefficient (Wildman–Crippen LogP) is 3.99. The van der Waals surface area contributed by atoms with Crippen molar-refractivity contribution in [3.63, 3.8) is 0 Å². The van der Waals surface area contributed by atoms with Crippen LogP contribution in [0.1, 0.15) is 16.8 Å². The molecule has 4 heterocycles. The van der Waals surface area contributed by atoms with Gasteiger partial charge in [-0.3, -0.25) is 0 Å². The lowest BCUT2D eigenvalue weighted by molar-refractivity contribution is 0.313. The third kappa shape index (κ3) is 4.07. The van der Waals surface area contributed by atoms with E-state index in [4.69, 9.17) is 4.98 Å². The Labute approximate surface area is 188 Å². The molecule has 0 atom stereocenters. The monoisotopic (exact) mass is 425 g/mol. The Bertz CT molecular complexity index is 1270. The number of aromatic nitrogens is 4. The van der Waals surface area contributed by atoms with Crippen molar-refractivity contribution in [2.24, 2.45) is 0 Å². The van der Waals surface area contributed by atoms with E-state index in [2.05, 4.69) is 63.1 Å². The molecule has 7 heteroatoms. The third-order valence-electron chi connectivity index (χ3n) is 6.02. The number of aryl methyl sites for hydroxylation is 1. The molecule has 5 rings (SSSR count). The van der Waals surface area contributed by atoms with Gasteiger partial charge in [0.15, 0.2) is 0 Å². The Morgan fingerprint density at radius 3 is 2.72 bits per heavy atom. The molecule has 0 bridgehead atoms. The summed E-state index contributed by atoms with van der Waals surface area (Å²) in [6.45, 7) is 10.5. The molecule has 0 amide bonds. The largest absolute Gasteiger partial charge is 0.369 e. The van der Waals surface area contributed by atoms with E-state index in [1.807, 2.05) is 42.0 Å². The fourth-order valence-corrected chi connectivity index (χ4v) is 4.06. The maximum absolute atomic E-state index is 4.70. The zero-order valence-corrected chi connectivity index (χ0v) is 18.5. The number of fused-ring (bicyclic) bond motifs is 1. The van der Waals surface area contributed by atoms with Crippen LogP contribution in [0.2, 0.25) is 0 Å². The van der Waals surface area contributed by atoms with Gasteiger partial charge in [0.25, 0.3) is 0 Å². The van der Waals surface area contributed by atoms with E-state index in [-0.39, 0.29) is 0 Å². The molecule has 1 saturated heterocycles. The van der Waals surface area contributed by atoms with Crippen molar-refractivity contribution in [2.45, 2.75) is 6.92 Å². The topological polar surface area (TPSA) is 61.6 Å². The molecule has 0 spiro atoms. The molecular weight excluding hydrogens is 398 g/mol. The van der Waals surface area contributed by atoms with E-state index in [1.54, 1.807) is 6.20 Å². The van der Waals surface area contributed by atoms with E-state index in [9.17, 15) is 0 Å². The van der Waals surface area contributed by atoms with Crippen molar-refractivity contribution in [3.8, 4) is 0 Å². The van der Waals surface area contributed by atoms with Crippen LogP contribution < -0.4 is 10.2 Å². The highest BCUT2D eigenvalue weighted by molar-refractivity contribution is 5.80. The van der Waals surface area contributed by atoms with Gasteiger partial charge < -0.3 is 15.1 Å². The van der Waals surface area contributed by atoms with Gasteiger partial charge in [0, 0.05) is 61.7 Å². The smallest absolute Gasteiger partial charge is 0.227 e. The summed E-state index contributed by atoms with van der Waals surface area (Å²) >= 11 is 0. The average molecular weight is 426 g/mol. The van der Waals surface area contributed by atoms with Crippen molar-refractivity contribution >= 4 is 28.4 Å². The summed E-state index contributed by atoms with van der Waals surface area (Å²) in [7, 11) is 2.17. The van der Waals surface area contributed by atoms with Crippen LogP contribution in [0.4, 0.5) is 17.3 Å². The first-order chi connectivity index (χ1) is 15.6. The van der Waals surface area contributed by atoms with Crippen LogP contribution in [-0.2, 0) is 0 Å². The van der Waals surface area contributed by atoms with Gasteiger partial charge >= 0.3 is 0 Å². The molecule has 0 aliphatic carbocycles. The maximum atomic E-state index is 4.70. The van der Waals surface area contributed by atoms with E-state index >= 15 is 0 Å². The van der Waals surface area contributed by atoms with Crippen molar-refractivity contribution in [2.75, 3.05) is 43.4 Å². The number of anilines is 3. The number of hydrogen-bond donors (Lipinski definition) is 1. The van der Waals surface area contributed by atoms with E-state index < -0.39 is 0 Å². The highest BCUT2D eigenvalue weighted by Crippen LogP contribution is 2.26. The Hall–Kier alpha value is -3.71. The van der Waals surface area contributed by atoms with E-state index in [1.165, 1.54) is 5.69 Å². The van der Waals surface area contributed by atoms with Crippen molar-refractivity contribution in [1.29, 1.82) is 0 Å². The third-order valence-corrected chi connectivity index (χ3v) is 6.02. The van der Waals surface area contributed by atoms with Crippen LogP contribution in [0.25, 0.3) is 11.1 Å². The molecule has 1 aromatic carbocycles. The molecule has 7 nitrogen and oxygen atoms in total. The molecule has 4 aromatic rings. The lowest BCUT2D eigenvalue weighted by Crippen LogP contribution is -2.44. The summed E-state index contributed by atoms with van der Waals surface area (Å²) in [5.74, 6) is 0.584. The molecule has 32 heavy (non-hydrogen) atoms. The minimum absolute atomic E-state index is 0.584. The Kier molecular flexibility index (Phi) is 5.33. The number of likely N-dealkylation sites (N-methyl/N-ethyl adjacent to an activating group) is 1. The van der Waals surface area contributed by atoms with Gasteiger partial charge in [0.1, 0.15) is 0 Å². The molecule has 0 unspecified atom stereocenters. The zero-order valence-electron chi connectivity index (χ0n) is 18.5. The van der Waals surface area contributed by atoms with Gasteiger partial charge in [0.2, 0.25) is 5.95 Å². The molecular formula is C25H27N7. The molecule has 3 aromatic heterocycles. The molecule has 1 aliphatic heterocycles. The second-order valence-corrected chi connectivity index (χ2v) is 8.25. The number of rotatable bonds is 5. The van der Waals surface area contributed by atoms with Gasteiger partial charge in [-0.2, -0.15) is 5.10 Å². The van der Waals surface area contributed by atoms with Gasteiger partial charge in [-0.1, -0.05) is 12.6 Å². The van der Waals surface area contributed by atoms with Crippen molar-refractivity contribution < 1.29 is 0 Å². The average Bonchev–Trinajstić information content (AvgIpc) is 3.27. The Morgan fingerprint density at radius 2 is 1.91 bits per heavy atom. The van der Waals surface area contributed by atoms with Crippen LogP contribution in [0.15, 0.2) is 67.6 Å². The summed E-state index contributed by atoms with van der Waals surface area (Å²) in [5.41, 5.74) is 6.99. The molecule has 162 valence electrons. The van der Waals surface area contributed by atoms with Crippen LogP contribution in [0, 0.1) is 6.92 Å². The number of hydrogen-bond acceptors (Lipinski definition) is 6. The summed E-state index contributed by atoms with van der Waals surface area (Å²) in [6, 6.07) is 14.5. The number of benzene rings is 1. The van der Waals surface area contributed by atoms with Crippen LogP contribution in [0.3, 0.4) is 0 Å². The van der Waals surface area contributed by atoms with E-state index in [0.29, 0.717) is 5.95 Å². The lowest BCUT2D eigenvalue weighted by Gasteiger charge is -2.34. The lowest BCUT2D eigenvalue weighted by atomic mass is 10.0. The molecule has 0 saturated carbocycles. The second-order valence-electron chi connectivity index (χ2n) is 8.25. The first-order valence-corrected chi connectivity index (χ1v) is 10.8. The molecule has 0 radical (unpaired) electrons. The fourth-order valence-electron chi connectivity index (χ4n) is 4.06. The normalized spacial score (nSPS) is 14.6. The second kappa shape index (κ2) is 8.43. The zero-order chi connectivity index (χ0) is 22.1. The van der Waals surface area contributed by atoms with Crippen LogP contribution >= 0.6 is 0 Å². The Morgan fingerprint density at radius 1 is 1.06 bits per heavy atom. The summed E-state index contributed by atoms with van der Waals surface area (Å²) in [5, 5.41) is 7.61. The Balaban J connectivity index is 1.33. The number of pyridine rings is 1. The maximum Gasteiger partial charge on any atom is 0.227 e. The summed E-state index contributed by atoms with van der Waals surface area (Å²) in [4.78, 5) is 14.0. The summed E-state index contributed by atoms with van der Waals surface area (Å²) in [6.07, 6.45) is 5.57. The van der Waals surface area contributed by atoms with Gasteiger partial charge in [-0.15, -0.1) is 0 Å². The molecule has 1 N–H and O–H groups in total. The minimum Gasteiger partial charge on any atom is -0.369 e. The number of nitrogens with one attached hydrogen (secondary N) is 1. The SMILES string of the molecule is C=C(c1ccn2nccc2c1)c1cnc(Nc2cccc(N3CCN(C)CC3)c2)nc1C. The predicted molar refractivity (Wildman–Crippen MR) is 130 cm³/mol. The summed E-state index contributed by atoms with van der Waals surface area (Å²) < 4.78 is 1.84. The van der Waals surface area contributed by atoms with Crippen LogP contribution in [-0.4, -0.2) is 57.7 Å². The molecule has 1 fully saturated rings. The van der Waals surface area contributed by atoms with Crippen LogP contribution in [0.5, 0.6) is 0 Å². The standard InChI is InChI=1S/C25H27N7/c1-18(20-8-10-32-23(15-20)7-9-27-32)24-17-26-25(28-19(24)2)29-21-5-4-6-22(16-21)31-13-11-30(3)12-14-31/h4-10,15-17H,1,11-14H2,2-3H3,(H,26,28,29). The van der Waals surface area contributed by atoms with Crippen molar-refractivity contribution in [1.82, 2.24) is 24.5 Å². The first-order valence-electron chi connectivity index (χ1n) is 10.8. The highest BCUT2D eigenvalue weighted by atomic mass is 15.2. The minimum atomic E-state index is 0.584. The highest BCUT2D eigenvalue weighted by Gasteiger charge is 2.15.